The van der Waals surface area contributed by atoms with Gasteiger partial charge in [-0.2, -0.15) is 26.3 Å². The van der Waals surface area contributed by atoms with E-state index >= 15 is 0 Å². The molecule has 0 aliphatic carbocycles. The highest BCUT2D eigenvalue weighted by Gasteiger charge is 2.52. The van der Waals surface area contributed by atoms with Gasteiger partial charge in [-0.25, -0.2) is 4.39 Å². The van der Waals surface area contributed by atoms with Crippen molar-refractivity contribution in [2.45, 2.75) is 19.3 Å². The number of hydrogen-bond acceptors (Lipinski definition) is 0. The van der Waals surface area contributed by atoms with Crippen molar-refractivity contribution in [2.24, 2.45) is 0 Å². The van der Waals surface area contributed by atoms with Crippen LogP contribution >= 0.6 is 0 Å². The molecule has 0 aliphatic rings. The second kappa shape index (κ2) is 2.95. The summed E-state index contributed by atoms with van der Waals surface area (Å²) in [5.74, 6) is -2.28. The van der Waals surface area contributed by atoms with E-state index in [-0.39, 0.29) is 6.92 Å². The van der Waals surface area contributed by atoms with Gasteiger partial charge < -0.3 is 0 Å². The minimum Gasteiger partial charge on any atom is -0.211 e. The monoisotopic (exact) mass is 196 g/mol. The van der Waals surface area contributed by atoms with Gasteiger partial charge in [0.2, 0.25) is 0 Å². The van der Waals surface area contributed by atoms with Crippen molar-refractivity contribution in [3.63, 3.8) is 0 Å². The summed E-state index contributed by atoms with van der Waals surface area (Å²) in [6.07, 6.45) is -11.4. The molecular formula is C5H3F7. The fraction of sp³-hybridized carbons (Fsp3) is 0.600. The molecule has 0 amide bonds. The Balaban J connectivity index is 5.13. The summed E-state index contributed by atoms with van der Waals surface area (Å²) in [5.41, 5.74) is -3.09. The minimum atomic E-state index is -5.70. The SMILES string of the molecule is CC(F)=C(C(F)(F)F)C(F)(F)F. The summed E-state index contributed by atoms with van der Waals surface area (Å²) < 4.78 is 80.5. The molecule has 0 rings (SSSR count). The van der Waals surface area contributed by atoms with Crippen molar-refractivity contribution in [3.8, 4) is 0 Å². The van der Waals surface area contributed by atoms with Crippen molar-refractivity contribution in [3.05, 3.63) is 11.4 Å². The molecule has 0 spiro atoms. The number of hydrogen-bond donors (Lipinski definition) is 0. The summed E-state index contributed by atoms with van der Waals surface area (Å²) in [6.45, 7) is 0.107. The number of allylic oxidation sites excluding steroid dienone is 2. The van der Waals surface area contributed by atoms with E-state index in [1.807, 2.05) is 0 Å². The van der Waals surface area contributed by atoms with Crippen molar-refractivity contribution in [1.82, 2.24) is 0 Å². The van der Waals surface area contributed by atoms with E-state index in [2.05, 4.69) is 0 Å². The van der Waals surface area contributed by atoms with Gasteiger partial charge in [-0.05, 0) is 6.92 Å². The number of rotatable bonds is 0. The molecule has 0 bridgehead atoms. The molecule has 0 aromatic heterocycles. The third-order valence-corrected chi connectivity index (χ3v) is 0.911. The normalized spacial score (nSPS) is 13.0. The van der Waals surface area contributed by atoms with Crippen LogP contribution in [0.3, 0.4) is 0 Å². The van der Waals surface area contributed by atoms with Crippen LogP contribution in [-0.2, 0) is 0 Å². The Morgan fingerprint density at radius 2 is 1.08 bits per heavy atom. The van der Waals surface area contributed by atoms with Crippen LogP contribution in [-0.4, -0.2) is 12.4 Å². The molecule has 0 aliphatic heterocycles. The second-order valence-corrected chi connectivity index (χ2v) is 1.90. The molecular weight excluding hydrogens is 193 g/mol. The quantitative estimate of drug-likeness (QED) is 0.521. The first-order valence-electron chi connectivity index (χ1n) is 2.57. The van der Waals surface area contributed by atoms with E-state index in [0.29, 0.717) is 0 Å². The Kier molecular flexibility index (Phi) is 2.76. The van der Waals surface area contributed by atoms with Gasteiger partial charge in [0.25, 0.3) is 0 Å². The summed E-state index contributed by atoms with van der Waals surface area (Å²) in [7, 11) is 0. The summed E-state index contributed by atoms with van der Waals surface area (Å²) in [4.78, 5) is 0. The molecule has 0 heterocycles. The van der Waals surface area contributed by atoms with Crippen LogP contribution in [0.4, 0.5) is 30.7 Å². The van der Waals surface area contributed by atoms with Crippen molar-refractivity contribution < 1.29 is 30.7 Å². The van der Waals surface area contributed by atoms with E-state index in [1.165, 1.54) is 0 Å². The van der Waals surface area contributed by atoms with Crippen LogP contribution in [0.2, 0.25) is 0 Å². The highest BCUT2D eigenvalue weighted by molar-refractivity contribution is 5.17. The lowest BCUT2D eigenvalue weighted by Crippen LogP contribution is -2.27. The number of alkyl halides is 6. The van der Waals surface area contributed by atoms with Crippen LogP contribution in [0, 0.1) is 0 Å². The number of halogens is 7. The fourth-order valence-electron chi connectivity index (χ4n) is 0.551. The van der Waals surface area contributed by atoms with Gasteiger partial charge in [0.05, 0.1) is 0 Å². The van der Waals surface area contributed by atoms with E-state index in [4.69, 9.17) is 0 Å². The summed E-state index contributed by atoms with van der Waals surface area (Å²) in [5, 5.41) is 0. The molecule has 0 saturated carbocycles. The van der Waals surface area contributed by atoms with Gasteiger partial charge in [0, 0.05) is 0 Å². The Bertz CT molecular complexity index is 173. The van der Waals surface area contributed by atoms with Crippen molar-refractivity contribution in [1.29, 1.82) is 0 Å². The zero-order valence-corrected chi connectivity index (χ0v) is 5.65. The summed E-state index contributed by atoms with van der Waals surface area (Å²) in [6, 6.07) is 0. The average Bonchev–Trinajstić information content (AvgIpc) is 1.49. The first-order valence-corrected chi connectivity index (χ1v) is 2.57. The molecule has 0 atom stereocenters. The van der Waals surface area contributed by atoms with Crippen LogP contribution in [0.1, 0.15) is 6.92 Å². The largest absolute Gasteiger partial charge is 0.423 e. The Hall–Kier alpha value is -0.750. The molecule has 0 radical (unpaired) electrons. The van der Waals surface area contributed by atoms with Crippen LogP contribution in [0.25, 0.3) is 0 Å². The predicted octanol–water partition coefficient (Wildman–Crippen LogP) is 3.35. The zero-order valence-electron chi connectivity index (χ0n) is 5.65. The molecule has 0 nitrogen and oxygen atoms in total. The Morgan fingerprint density at radius 3 is 1.08 bits per heavy atom. The maximum Gasteiger partial charge on any atom is 0.423 e. The molecule has 0 aromatic rings. The Morgan fingerprint density at radius 1 is 0.833 bits per heavy atom. The average molecular weight is 196 g/mol. The van der Waals surface area contributed by atoms with E-state index < -0.39 is 23.8 Å². The smallest absolute Gasteiger partial charge is 0.211 e. The lowest BCUT2D eigenvalue weighted by atomic mass is 10.2. The maximum absolute atomic E-state index is 11.8. The third-order valence-electron chi connectivity index (χ3n) is 0.911. The van der Waals surface area contributed by atoms with Gasteiger partial charge in [0.15, 0.2) is 5.57 Å². The molecule has 0 unspecified atom stereocenters. The van der Waals surface area contributed by atoms with Crippen LogP contribution in [0.5, 0.6) is 0 Å². The third kappa shape index (κ3) is 2.71. The van der Waals surface area contributed by atoms with E-state index in [0.717, 1.165) is 0 Å². The van der Waals surface area contributed by atoms with E-state index in [1.54, 1.807) is 0 Å². The van der Waals surface area contributed by atoms with E-state index in [9.17, 15) is 30.7 Å². The lowest BCUT2D eigenvalue weighted by molar-refractivity contribution is -0.174. The Labute approximate surface area is 62.7 Å². The van der Waals surface area contributed by atoms with Gasteiger partial charge in [-0.3, -0.25) is 0 Å². The first kappa shape index (κ1) is 11.2. The van der Waals surface area contributed by atoms with Gasteiger partial charge in [0.1, 0.15) is 5.83 Å². The summed E-state index contributed by atoms with van der Waals surface area (Å²) >= 11 is 0. The highest BCUT2D eigenvalue weighted by Crippen LogP contribution is 2.40. The van der Waals surface area contributed by atoms with Gasteiger partial charge in [-0.1, -0.05) is 0 Å². The molecule has 0 fully saturated rings. The maximum atomic E-state index is 11.8. The standard InChI is InChI=1S/C5H3F7/c1-2(6)3(4(7,8)9)5(10,11)12/h1H3. The molecule has 0 saturated heterocycles. The van der Waals surface area contributed by atoms with Crippen molar-refractivity contribution >= 4 is 0 Å². The fourth-order valence-corrected chi connectivity index (χ4v) is 0.551. The van der Waals surface area contributed by atoms with Crippen molar-refractivity contribution in [2.75, 3.05) is 0 Å². The lowest BCUT2D eigenvalue weighted by Gasteiger charge is -2.14. The molecule has 72 valence electrons. The van der Waals surface area contributed by atoms with Crippen LogP contribution < -0.4 is 0 Å². The molecule has 0 aromatic carbocycles. The first-order chi connectivity index (χ1) is 5.07. The molecule has 12 heavy (non-hydrogen) atoms. The molecule has 0 N–H and O–H groups in total. The zero-order chi connectivity index (χ0) is 10.2. The highest BCUT2D eigenvalue weighted by atomic mass is 19.4. The molecule has 7 heteroatoms. The second-order valence-electron chi connectivity index (χ2n) is 1.90. The predicted molar refractivity (Wildman–Crippen MR) is 25.9 cm³/mol. The van der Waals surface area contributed by atoms with Gasteiger partial charge in [-0.15, -0.1) is 0 Å². The topological polar surface area (TPSA) is 0 Å². The van der Waals surface area contributed by atoms with Crippen LogP contribution in [0.15, 0.2) is 11.4 Å². The minimum absolute atomic E-state index is 0.107. The van der Waals surface area contributed by atoms with Gasteiger partial charge >= 0.3 is 12.4 Å².